The van der Waals surface area contributed by atoms with Gasteiger partial charge in [0.1, 0.15) is 12.3 Å². The third-order valence-corrected chi connectivity index (χ3v) is 3.53. The normalized spacial score (nSPS) is 24.8. The quantitative estimate of drug-likeness (QED) is 0.485. The fraction of sp³-hybridized carbons (Fsp3) is 0.538. The molecule has 0 aliphatic carbocycles. The maximum Gasteiger partial charge on any atom is 0.280 e. The first kappa shape index (κ1) is 15.6. The second kappa shape index (κ2) is 6.07. The number of nitrogens with zero attached hydrogens (tertiary/aromatic N) is 5. The smallest absolute Gasteiger partial charge is 0.280 e. The molecule has 1 aliphatic rings. The standard InChI is InChI=1S/C13H18N6O4/c1-18(2)5-15-13-16-11-10(12(22)17-13)14-6-19(11)9-3-7(21)8(4-20)23-9/h5-9,20-21H,3-4H2,1-2H3,(H,16,17,22)/t7-,8?,9-/m1/s1. The molecule has 124 valence electrons. The number of ether oxygens (including phenoxy) is 1. The Labute approximate surface area is 131 Å². The van der Waals surface area contributed by atoms with Crippen LogP contribution < -0.4 is 5.56 Å². The van der Waals surface area contributed by atoms with Crippen molar-refractivity contribution in [2.45, 2.75) is 24.9 Å². The molecule has 0 radical (unpaired) electrons. The third-order valence-electron chi connectivity index (χ3n) is 3.53. The van der Waals surface area contributed by atoms with Crippen LogP contribution in [0.15, 0.2) is 16.1 Å². The minimum atomic E-state index is -0.782. The Morgan fingerprint density at radius 2 is 2.39 bits per heavy atom. The van der Waals surface area contributed by atoms with Crippen LogP contribution in [0, 0.1) is 0 Å². The zero-order valence-corrected chi connectivity index (χ0v) is 12.7. The Hall–Kier alpha value is -2.30. The lowest BCUT2D eigenvalue weighted by atomic mass is 10.2. The van der Waals surface area contributed by atoms with E-state index in [2.05, 4.69) is 19.9 Å². The van der Waals surface area contributed by atoms with E-state index in [1.54, 1.807) is 23.6 Å². The second-order valence-electron chi connectivity index (χ2n) is 5.54. The molecule has 0 amide bonds. The molecule has 1 aliphatic heterocycles. The number of H-pyrrole nitrogens is 1. The Kier molecular flexibility index (Phi) is 4.11. The minimum absolute atomic E-state index is 0.148. The van der Waals surface area contributed by atoms with Crippen LogP contribution in [-0.2, 0) is 4.74 Å². The lowest BCUT2D eigenvalue weighted by molar-refractivity contribution is -0.0432. The molecule has 0 saturated carbocycles. The van der Waals surface area contributed by atoms with Crippen molar-refractivity contribution in [1.82, 2.24) is 24.4 Å². The zero-order valence-electron chi connectivity index (χ0n) is 12.7. The van der Waals surface area contributed by atoms with Gasteiger partial charge in [-0.15, -0.1) is 0 Å². The first-order valence-electron chi connectivity index (χ1n) is 7.11. The average Bonchev–Trinajstić information content (AvgIpc) is 3.08. The van der Waals surface area contributed by atoms with Gasteiger partial charge in [0.05, 0.1) is 25.4 Å². The first-order chi connectivity index (χ1) is 11.0. The molecule has 3 rings (SSSR count). The highest BCUT2D eigenvalue weighted by atomic mass is 16.5. The van der Waals surface area contributed by atoms with Crippen molar-refractivity contribution < 1.29 is 14.9 Å². The van der Waals surface area contributed by atoms with E-state index in [0.29, 0.717) is 5.65 Å². The van der Waals surface area contributed by atoms with Gasteiger partial charge in [-0.3, -0.25) is 14.3 Å². The minimum Gasteiger partial charge on any atom is -0.394 e. The van der Waals surface area contributed by atoms with E-state index >= 15 is 0 Å². The Balaban J connectivity index is 2.00. The van der Waals surface area contributed by atoms with Crippen LogP contribution in [0.3, 0.4) is 0 Å². The molecule has 1 fully saturated rings. The summed E-state index contributed by atoms with van der Waals surface area (Å²) in [5, 5.41) is 19.0. The van der Waals surface area contributed by atoms with E-state index in [0.717, 1.165) is 0 Å². The maximum absolute atomic E-state index is 12.1. The van der Waals surface area contributed by atoms with E-state index in [1.807, 2.05) is 0 Å². The van der Waals surface area contributed by atoms with Crippen LogP contribution >= 0.6 is 0 Å². The number of hydrogen-bond donors (Lipinski definition) is 3. The van der Waals surface area contributed by atoms with Gasteiger partial charge >= 0.3 is 0 Å². The monoisotopic (exact) mass is 322 g/mol. The SMILES string of the molecule is CN(C)C=Nc1nc2c(ncn2[C@H]2C[C@@H](O)C(CO)O2)c(=O)[nH]1. The van der Waals surface area contributed by atoms with Gasteiger partial charge in [0.15, 0.2) is 11.2 Å². The fourth-order valence-electron chi connectivity index (χ4n) is 2.41. The highest BCUT2D eigenvalue weighted by Gasteiger charge is 2.35. The second-order valence-corrected chi connectivity index (χ2v) is 5.54. The summed E-state index contributed by atoms with van der Waals surface area (Å²) in [6, 6.07) is 0. The van der Waals surface area contributed by atoms with Crippen LogP contribution in [0.5, 0.6) is 0 Å². The lowest BCUT2D eigenvalue weighted by Crippen LogP contribution is -2.24. The van der Waals surface area contributed by atoms with E-state index in [1.165, 1.54) is 12.7 Å². The van der Waals surface area contributed by atoms with Crippen molar-refractivity contribution in [3.63, 3.8) is 0 Å². The zero-order chi connectivity index (χ0) is 16.6. The van der Waals surface area contributed by atoms with Crippen LogP contribution in [0.25, 0.3) is 11.2 Å². The molecular formula is C13H18N6O4. The van der Waals surface area contributed by atoms with E-state index < -0.39 is 24.0 Å². The van der Waals surface area contributed by atoms with Gasteiger partial charge in [0.2, 0.25) is 5.95 Å². The summed E-state index contributed by atoms with van der Waals surface area (Å²) in [7, 11) is 3.60. The molecule has 10 nitrogen and oxygen atoms in total. The van der Waals surface area contributed by atoms with Crippen molar-refractivity contribution in [2.75, 3.05) is 20.7 Å². The summed E-state index contributed by atoms with van der Waals surface area (Å²) in [6.07, 6.45) is 1.24. The highest BCUT2D eigenvalue weighted by molar-refractivity contribution is 5.71. The largest absolute Gasteiger partial charge is 0.394 e. The molecule has 1 unspecified atom stereocenters. The number of aliphatic hydroxyl groups is 2. The van der Waals surface area contributed by atoms with Gasteiger partial charge < -0.3 is 19.8 Å². The van der Waals surface area contributed by atoms with Crippen LogP contribution in [-0.4, -0.2) is 73.9 Å². The molecule has 10 heteroatoms. The van der Waals surface area contributed by atoms with Crippen molar-refractivity contribution >= 4 is 23.5 Å². The number of aliphatic hydroxyl groups excluding tert-OH is 2. The van der Waals surface area contributed by atoms with Gasteiger partial charge in [0, 0.05) is 20.5 Å². The van der Waals surface area contributed by atoms with Crippen molar-refractivity contribution in [3.05, 3.63) is 16.7 Å². The van der Waals surface area contributed by atoms with E-state index in [4.69, 9.17) is 4.74 Å². The molecule has 23 heavy (non-hydrogen) atoms. The lowest BCUT2D eigenvalue weighted by Gasteiger charge is -2.13. The summed E-state index contributed by atoms with van der Waals surface area (Å²) < 4.78 is 7.14. The Morgan fingerprint density at radius 1 is 1.61 bits per heavy atom. The molecule has 2 aromatic rings. The number of aromatic nitrogens is 4. The average molecular weight is 322 g/mol. The molecule has 0 spiro atoms. The van der Waals surface area contributed by atoms with Gasteiger partial charge in [-0.2, -0.15) is 4.98 Å². The number of aromatic amines is 1. The molecule has 1 saturated heterocycles. The molecule has 2 aromatic heterocycles. The molecule has 0 bridgehead atoms. The van der Waals surface area contributed by atoms with Gasteiger partial charge in [0.25, 0.3) is 5.56 Å². The molecule has 3 heterocycles. The van der Waals surface area contributed by atoms with Crippen molar-refractivity contribution in [3.8, 4) is 0 Å². The fourth-order valence-corrected chi connectivity index (χ4v) is 2.41. The van der Waals surface area contributed by atoms with Crippen LogP contribution in [0.4, 0.5) is 5.95 Å². The predicted molar refractivity (Wildman–Crippen MR) is 81.6 cm³/mol. The van der Waals surface area contributed by atoms with Gasteiger partial charge in [-0.1, -0.05) is 0 Å². The maximum atomic E-state index is 12.1. The predicted octanol–water partition coefficient (Wildman–Crippen LogP) is -1.02. The molecule has 0 aromatic carbocycles. The van der Waals surface area contributed by atoms with Crippen LogP contribution in [0.2, 0.25) is 0 Å². The Bertz CT molecular complexity index is 782. The van der Waals surface area contributed by atoms with E-state index in [9.17, 15) is 15.0 Å². The molecular weight excluding hydrogens is 304 g/mol. The number of fused-ring (bicyclic) bond motifs is 1. The van der Waals surface area contributed by atoms with Crippen LogP contribution in [0.1, 0.15) is 12.6 Å². The molecule has 3 N–H and O–H groups in total. The molecule has 3 atom stereocenters. The Morgan fingerprint density at radius 3 is 3.04 bits per heavy atom. The highest BCUT2D eigenvalue weighted by Crippen LogP contribution is 2.30. The van der Waals surface area contributed by atoms with Crippen molar-refractivity contribution in [2.24, 2.45) is 4.99 Å². The number of aliphatic imine (C=N–C) groups is 1. The first-order valence-corrected chi connectivity index (χ1v) is 7.11. The number of hydrogen-bond acceptors (Lipinski definition) is 7. The summed E-state index contributed by atoms with van der Waals surface area (Å²) in [4.78, 5) is 28.7. The number of imidazole rings is 1. The third kappa shape index (κ3) is 2.96. The summed E-state index contributed by atoms with van der Waals surface area (Å²) in [6.45, 7) is -0.281. The number of nitrogens with one attached hydrogen (secondary N) is 1. The van der Waals surface area contributed by atoms with Crippen molar-refractivity contribution in [1.29, 1.82) is 0 Å². The topological polar surface area (TPSA) is 129 Å². The summed E-state index contributed by atoms with van der Waals surface area (Å²) in [5.41, 5.74) is 0.0756. The summed E-state index contributed by atoms with van der Waals surface area (Å²) >= 11 is 0. The van der Waals surface area contributed by atoms with Gasteiger partial charge in [-0.05, 0) is 0 Å². The number of rotatable bonds is 4. The van der Waals surface area contributed by atoms with Gasteiger partial charge in [-0.25, -0.2) is 9.98 Å². The van der Waals surface area contributed by atoms with E-state index in [-0.39, 0.29) is 24.5 Å². The summed E-state index contributed by atoms with van der Waals surface area (Å²) in [5.74, 6) is 0.148.